The molecule has 0 bridgehead atoms. The Hall–Kier alpha value is 0.190. The van der Waals surface area contributed by atoms with Crippen molar-refractivity contribution in [1.82, 2.24) is 0 Å². The molecule has 1 fully saturated rings. The van der Waals surface area contributed by atoms with Gasteiger partial charge in [0.1, 0.15) is 11.5 Å². The van der Waals surface area contributed by atoms with Crippen LogP contribution in [0.25, 0.3) is 0 Å². The summed E-state index contributed by atoms with van der Waals surface area (Å²) >= 11 is 3.85. The molecule has 0 radical (unpaired) electrons. The second kappa shape index (κ2) is 3.73. The molecule has 0 amide bonds. The lowest BCUT2D eigenvalue weighted by Crippen LogP contribution is -2.46. The Morgan fingerprint density at radius 3 is 2.73 bits per heavy atom. The number of rotatable bonds is 1. The van der Waals surface area contributed by atoms with Crippen molar-refractivity contribution in [3.63, 3.8) is 0 Å². The van der Waals surface area contributed by atoms with Crippen LogP contribution >= 0.6 is 12.6 Å². The molecule has 4 nitrogen and oxygen atoms in total. The Bertz CT molecular complexity index is 154. The van der Waals surface area contributed by atoms with Crippen LogP contribution in [0.5, 0.6) is 0 Å². The lowest BCUT2D eigenvalue weighted by molar-refractivity contribution is -0.149. The van der Waals surface area contributed by atoms with Crippen LogP contribution in [0, 0.1) is 0 Å². The molecular weight excluding hydrogens is 168 g/mol. The standard InChI is InChI=1S/C6H12O4S/c7-2-5-3(8)1-4(9)6(11)10-5/h3-9,11H,1-2H2/t3-,4?,5?,6+/m1/s1/i1D/t1-,3+,4?,5?,6-/m0. The van der Waals surface area contributed by atoms with Crippen molar-refractivity contribution in [1.29, 1.82) is 0 Å². The Morgan fingerprint density at radius 2 is 2.18 bits per heavy atom. The zero-order chi connectivity index (χ0) is 9.30. The van der Waals surface area contributed by atoms with Crippen molar-refractivity contribution in [3.05, 3.63) is 0 Å². The van der Waals surface area contributed by atoms with Gasteiger partial charge in [-0.25, -0.2) is 0 Å². The van der Waals surface area contributed by atoms with E-state index in [0.717, 1.165) is 0 Å². The van der Waals surface area contributed by atoms with Crippen molar-refractivity contribution in [2.24, 2.45) is 0 Å². The average molecular weight is 181 g/mol. The molecule has 0 aliphatic carbocycles. The average Bonchev–Trinajstić information content (AvgIpc) is 2.08. The third-order valence-corrected chi connectivity index (χ3v) is 1.99. The van der Waals surface area contributed by atoms with Crippen molar-refractivity contribution in [2.75, 3.05) is 6.61 Å². The molecule has 66 valence electrons. The van der Waals surface area contributed by atoms with E-state index in [2.05, 4.69) is 12.6 Å². The minimum absolute atomic E-state index is 0.375. The van der Waals surface area contributed by atoms with Gasteiger partial charge in [0.05, 0.1) is 18.8 Å². The third kappa shape index (κ3) is 2.07. The summed E-state index contributed by atoms with van der Waals surface area (Å²) in [6.45, 7) is -0.375. The topological polar surface area (TPSA) is 69.9 Å². The Kier molecular flexibility index (Phi) is 2.65. The summed E-state index contributed by atoms with van der Waals surface area (Å²) in [6.07, 6.45) is -4.17. The fourth-order valence-corrected chi connectivity index (χ4v) is 1.17. The molecule has 0 aromatic rings. The first kappa shape index (κ1) is 7.82. The highest BCUT2D eigenvalue weighted by Gasteiger charge is 2.33. The van der Waals surface area contributed by atoms with E-state index in [1.807, 2.05) is 0 Å². The van der Waals surface area contributed by atoms with Gasteiger partial charge in [0, 0.05) is 7.77 Å². The van der Waals surface area contributed by atoms with Gasteiger partial charge in [-0.05, 0) is 0 Å². The van der Waals surface area contributed by atoms with Gasteiger partial charge >= 0.3 is 0 Å². The molecule has 5 heteroatoms. The normalized spacial score (nSPS) is 53.8. The van der Waals surface area contributed by atoms with Gasteiger partial charge in [0.25, 0.3) is 0 Å². The van der Waals surface area contributed by atoms with Crippen LogP contribution in [-0.2, 0) is 4.74 Å². The molecule has 0 saturated carbocycles. The van der Waals surface area contributed by atoms with Crippen molar-refractivity contribution < 1.29 is 21.4 Å². The summed E-state index contributed by atoms with van der Waals surface area (Å²) < 4.78 is 12.2. The van der Waals surface area contributed by atoms with E-state index in [4.69, 9.17) is 11.2 Å². The van der Waals surface area contributed by atoms with Gasteiger partial charge in [-0.2, -0.15) is 0 Å². The molecule has 1 aliphatic heterocycles. The maximum Gasteiger partial charge on any atom is 0.127 e. The zero-order valence-electron chi connectivity index (χ0n) is 6.79. The zero-order valence-corrected chi connectivity index (χ0v) is 6.69. The predicted octanol–water partition coefficient (Wildman–Crippen LogP) is -1.25. The fraction of sp³-hybridized carbons (Fsp3) is 1.00. The van der Waals surface area contributed by atoms with E-state index in [1.165, 1.54) is 0 Å². The van der Waals surface area contributed by atoms with Crippen LogP contribution in [0.15, 0.2) is 0 Å². The van der Waals surface area contributed by atoms with Gasteiger partial charge < -0.3 is 20.1 Å². The number of aliphatic hydroxyl groups excluding tert-OH is 3. The molecule has 0 spiro atoms. The third-order valence-electron chi connectivity index (χ3n) is 1.56. The van der Waals surface area contributed by atoms with Crippen LogP contribution in [0.3, 0.4) is 0 Å². The minimum Gasteiger partial charge on any atom is -0.394 e. The van der Waals surface area contributed by atoms with E-state index in [1.54, 1.807) is 0 Å². The van der Waals surface area contributed by atoms with Crippen molar-refractivity contribution in [2.45, 2.75) is 30.1 Å². The molecule has 0 aromatic heterocycles. The van der Waals surface area contributed by atoms with Crippen LogP contribution < -0.4 is 0 Å². The summed E-state index contributed by atoms with van der Waals surface area (Å²) in [7, 11) is 0. The Labute approximate surface area is 71.6 Å². The number of ether oxygens (including phenoxy) is 1. The number of hydrogen-bond donors (Lipinski definition) is 4. The Morgan fingerprint density at radius 1 is 1.55 bits per heavy atom. The summed E-state index contributed by atoms with van der Waals surface area (Å²) in [5, 5.41) is 27.2. The van der Waals surface area contributed by atoms with E-state index in [-0.39, 0.29) is 6.61 Å². The molecule has 1 heterocycles. The first-order chi connectivity index (χ1) is 5.57. The molecule has 1 saturated heterocycles. The van der Waals surface area contributed by atoms with E-state index >= 15 is 0 Å². The summed E-state index contributed by atoms with van der Waals surface area (Å²) in [6, 6.07) is 0. The lowest BCUT2D eigenvalue weighted by Gasteiger charge is -2.33. The maximum absolute atomic E-state index is 9.26. The monoisotopic (exact) mass is 181 g/mol. The molecule has 5 atom stereocenters. The molecule has 1 rings (SSSR count). The first-order valence-electron chi connectivity index (χ1n) is 3.88. The fourth-order valence-electron chi connectivity index (χ4n) is 0.912. The maximum atomic E-state index is 9.26. The van der Waals surface area contributed by atoms with Crippen LogP contribution in [0.4, 0.5) is 0 Å². The highest BCUT2D eigenvalue weighted by molar-refractivity contribution is 7.80. The van der Waals surface area contributed by atoms with E-state index in [0.29, 0.717) is 0 Å². The Balaban J connectivity index is 2.63. The second-order valence-corrected chi connectivity index (χ2v) is 2.93. The summed E-state index contributed by atoms with van der Waals surface area (Å²) in [5.74, 6) is 0. The predicted molar refractivity (Wildman–Crippen MR) is 41.4 cm³/mol. The number of thiol groups is 1. The highest BCUT2D eigenvalue weighted by Crippen LogP contribution is 2.21. The van der Waals surface area contributed by atoms with Gasteiger partial charge in [-0.1, -0.05) is 0 Å². The molecule has 3 N–H and O–H groups in total. The minimum atomic E-state index is -1.16. The molecular formula is C6H12O4S. The van der Waals surface area contributed by atoms with Crippen LogP contribution in [0.2, 0.25) is 0 Å². The van der Waals surface area contributed by atoms with E-state index < -0.39 is 30.1 Å². The van der Waals surface area contributed by atoms with Crippen molar-refractivity contribution in [3.8, 4) is 0 Å². The molecule has 11 heavy (non-hydrogen) atoms. The quantitative estimate of drug-likeness (QED) is 0.381. The van der Waals surface area contributed by atoms with E-state index in [9.17, 15) is 10.2 Å². The largest absolute Gasteiger partial charge is 0.394 e. The SMILES string of the molecule is [2H][C@@H]1C(O)[C@H](S)OC(CO)[C@@H]1O. The van der Waals surface area contributed by atoms with Gasteiger partial charge in [0.15, 0.2) is 0 Å². The molecule has 0 aromatic carbocycles. The first-order valence-corrected chi connectivity index (χ1v) is 3.82. The highest BCUT2D eigenvalue weighted by atomic mass is 32.1. The smallest absolute Gasteiger partial charge is 0.127 e. The number of hydrogen-bond acceptors (Lipinski definition) is 5. The molecule has 2 unspecified atom stereocenters. The second-order valence-electron chi connectivity index (χ2n) is 2.42. The summed E-state index contributed by atoms with van der Waals surface area (Å²) in [4.78, 5) is 0. The summed E-state index contributed by atoms with van der Waals surface area (Å²) in [5.41, 5.74) is -0.812. The lowest BCUT2D eigenvalue weighted by atomic mass is 10.0. The van der Waals surface area contributed by atoms with Crippen LogP contribution in [-0.4, -0.2) is 45.7 Å². The molecule has 1 aliphatic rings. The number of aliphatic hydroxyl groups is 3. The van der Waals surface area contributed by atoms with Gasteiger partial charge in [0.2, 0.25) is 0 Å². The van der Waals surface area contributed by atoms with Crippen LogP contribution in [0.1, 0.15) is 7.77 Å². The van der Waals surface area contributed by atoms with Gasteiger partial charge in [-0.15, -0.1) is 12.6 Å². The van der Waals surface area contributed by atoms with Gasteiger partial charge in [-0.3, -0.25) is 0 Å². The van der Waals surface area contributed by atoms with Crippen molar-refractivity contribution >= 4 is 12.6 Å².